The van der Waals surface area contributed by atoms with Gasteiger partial charge in [0.2, 0.25) is 0 Å². The van der Waals surface area contributed by atoms with Crippen LogP contribution in [0.3, 0.4) is 0 Å². The van der Waals surface area contributed by atoms with Crippen LogP contribution in [0.1, 0.15) is 33.1 Å². The van der Waals surface area contributed by atoms with Gasteiger partial charge in [0, 0.05) is 5.41 Å². The van der Waals surface area contributed by atoms with E-state index in [9.17, 15) is 5.11 Å². The largest absolute Gasteiger partial charge is 0.392 e. The molecule has 1 saturated carbocycles. The highest BCUT2D eigenvalue weighted by molar-refractivity contribution is 5.19. The molecule has 1 fully saturated rings. The van der Waals surface area contributed by atoms with E-state index in [0.29, 0.717) is 0 Å². The Balaban J connectivity index is 2.22. The normalized spacial score (nSPS) is 37.5. The van der Waals surface area contributed by atoms with E-state index in [-0.39, 0.29) is 16.9 Å². The number of aliphatic hydroxyl groups is 1. The second-order valence-electron chi connectivity index (χ2n) is 4.77. The Labute approximate surface area is 68.1 Å². The summed E-state index contributed by atoms with van der Waals surface area (Å²) in [5.41, 5.74) is 0.433. The van der Waals surface area contributed by atoms with Crippen LogP contribution in [0, 0.1) is 10.8 Å². The van der Waals surface area contributed by atoms with Crippen molar-refractivity contribution in [2.45, 2.75) is 39.2 Å². The van der Waals surface area contributed by atoms with Gasteiger partial charge in [-0.1, -0.05) is 26.0 Å². The molecule has 1 nitrogen and oxygen atoms in total. The minimum absolute atomic E-state index is 0.0810. The Bertz CT molecular complexity index is 199. The Morgan fingerprint density at radius 3 is 2.36 bits per heavy atom. The van der Waals surface area contributed by atoms with Crippen molar-refractivity contribution in [3.8, 4) is 0 Å². The lowest BCUT2D eigenvalue weighted by Gasteiger charge is -2.33. The van der Waals surface area contributed by atoms with Crippen LogP contribution >= 0.6 is 0 Å². The van der Waals surface area contributed by atoms with E-state index in [1.165, 1.54) is 12.8 Å². The molecule has 1 unspecified atom stereocenters. The maximum Gasteiger partial charge on any atom is 0.0638 e. The van der Waals surface area contributed by atoms with Gasteiger partial charge in [0.25, 0.3) is 0 Å². The minimum atomic E-state index is -0.0810. The van der Waals surface area contributed by atoms with Gasteiger partial charge in [-0.05, 0) is 24.7 Å². The molecule has 2 rings (SSSR count). The average Bonchev–Trinajstić information content (AvgIpc) is 2.60. The van der Waals surface area contributed by atoms with Crippen LogP contribution in [-0.4, -0.2) is 11.2 Å². The first kappa shape index (κ1) is 7.35. The molecule has 0 aromatic carbocycles. The second kappa shape index (κ2) is 1.89. The first-order valence-electron chi connectivity index (χ1n) is 4.43. The third kappa shape index (κ3) is 1.12. The van der Waals surface area contributed by atoms with Crippen LogP contribution in [0.15, 0.2) is 12.2 Å². The van der Waals surface area contributed by atoms with E-state index in [0.717, 1.165) is 6.42 Å². The summed E-state index contributed by atoms with van der Waals surface area (Å²) in [7, 11) is 0. The summed E-state index contributed by atoms with van der Waals surface area (Å²) in [6.45, 7) is 4.36. The Hall–Kier alpha value is -0.300. The molecule has 62 valence electrons. The predicted octanol–water partition coefficient (Wildman–Crippen LogP) is 2.11. The van der Waals surface area contributed by atoms with Crippen molar-refractivity contribution in [2.24, 2.45) is 10.8 Å². The standard InChI is InChI=1S/C10H16O/c1-9(2)3-4-10(5-6-10)8(11)7-9/h3-4,8,11H,5-7H2,1-2H3. The van der Waals surface area contributed by atoms with E-state index in [1.807, 2.05) is 0 Å². The third-order valence-electron chi connectivity index (χ3n) is 3.08. The van der Waals surface area contributed by atoms with Crippen LogP contribution < -0.4 is 0 Å². The molecule has 0 amide bonds. The molecule has 0 saturated heterocycles. The maximum absolute atomic E-state index is 9.78. The van der Waals surface area contributed by atoms with Gasteiger partial charge in [0.05, 0.1) is 6.10 Å². The smallest absolute Gasteiger partial charge is 0.0638 e. The van der Waals surface area contributed by atoms with E-state index in [1.54, 1.807) is 0 Å². The van der Waals surface area contributed by atoms with Gasteiger partial charge in [0.1, 0.15) is 0 Å². The quantitative estimate of drug-likeness (QED) is 0.527. The van der Waals surface area contributed by atoms with Gasteiger partial charge in [-0.25, -0.2) is 0 Å². The Morgan fingerprint density at radius 1 is 1.27 bits per heavy atom. The molecule has 0 aromatic rings. The summed E-state index contributed by atoms with van der Waals surface area (Å²) in [5, 5.41) is 9.78. The molecule has 1 atom stereocenters. The zero-order valence-electron chi connectivity index (χ0n) is 7.30. The van der Waals surface area contributed by atoms with Crippen molar-refractivity contribution < 1.29 is 5.11 Å². The van der Waals surface area contributed by atoms with Gasteiger partial charge >= 0.3 is 0 Å². The van der Waals surface area contributed by atoms with Crippen molar-refractivity contribution in [1.82, 2.24) is 0 Å². The molecule has 1 N–H and O–H groups in total. The Morgan fingerprint density at radius 2 is 1.91 bits per heavy atom. The molecule has 2 aliphatic carbocycles. The molecule has 2 aliphatic rings. The maximum atomic E-state index is 9.78. The summed E-state index contributed by atoms with van der Waals surface area (Å²) in [4.78, 5) is 0. The highest BCUT2D eigenvalue weighted by atomic mass is 16.3. The summed E-state index contributed by atoms with van der Waals surface area (Å²) in [5.74, 6) is 0. The van der Waals surface area contributed by atoms with Crippen molar-refractivity contribution in [3.05, 3.63) is 12.2 Å². The molecule has 11 heavy (non-hydrogen) atoms. The van der Waals surface area contributed by atoms with Gasteiger partial charge < -0.3 is 5.11 Å². The van der Waals surface area contributed by atoms with Gasteiger partial charge in [-0.15, -0.1) is 0 Å². The van der Waals surface area contributed by atoms with Crippen molar-refractivity contribution in [3.63, 3.8) is 0 Å². The first-order chi connectivity index (χ1) is 5.04. The van der Waals surface area contributed by atoms with Gasteiger partial charge in [-0.3, -0.25) is 0 Å². The van der Waals surface area contributed by atoms with Crippen LogP contribution in [0.4, 0.5) is 0 Å². The fourth-order valence-corrected chi connectivity index (χ4v) is 1.92. The summed E-state index contributed by atoms with van der Waals surface area (Å²) < 4.78 is 0. The van der Waals surface area contributed by atoms with E-state index in [4.69, 9.17) is 0 Å². The van der Waals surface area contributed by atoms with Gasteiger partial charge in [-0.2, -0.15) is 0 Å². The number of aliphatic hydroxyl groups excluding tert-OH is 1. The van der Waals surface area contributed by atoms with Crippen LogP contribution in [-0.2, 0) is 0 Å². The minimum Gasteiger partial charge on any atom is -0.392 e. The molecule has 0 aliphatic heterocycles. The number of rotatable bonds is 0. The van der Waals surface area contributed by atoms with E-state index in [2.05, 4.69) is 26.0 Å². The fraction of sp³-hybridized carbons (Fsp3) is 0.800. The average molecular weight is 152 g/mol. The second-order valence-corrected chi connectivity index (χ2v) is 4.77. The van der Waals surface area contributed by atoms with E-state index < -0.39 is 0 Å². The van der Waals surface area contributed by atoms with Crippen LogP contribution in [0.5, 0.6) is 0 Å². The molecule has 0 heterocycles. The summed E-state index contributed by atoms with van der Waals surface area (Å²) in [6, 6.07) is 0. The lowest BCUT2D eigenvalue weighted by atomic mass is 9.75. The predicted molar refractivity (Wildman–Crippen MR) is 45.2 cm³/mol. The molecular formula is C10H16O. The van der Waals surface area contributed by atoms with Crippen LogP contribution in [0.25, 0.3) is 0 Å². The zero-order valence-corrected chi connectivity index (χ0v) is 7.30. The molecule has 0 bridgehead atoms. The fourth-order valence-electron chi connectivity index (χ4n) is 1.92. The Kier molecular flexibility index (Phi) is 1.26. The highest BCUT2D eigenvalue weighted by Crippen LogP contribution is 2.55. The molecule has 1 spiro atoms. The number of hydrogen-bond acceptors (Lipinski definition) is 1. The van der Waals surface area contributed by atoms with Crippen LogP contribution in [0.2, 0.25) is 0 Å². The number of allylic oxidation sites excluding steroid dienone is 1. The lowest BCUT2D eigenvalue weighted by molar-refractivity contribution is 0.0704. The molecule has 1 heteroatoms. The molecule has 0 aromatic heterocycles. The number of hydrogen-bond donors (Lipinski definition) is 1. The molecular weight excluding hydrogens is 136 g/mol. The highest BCUT2D eigenvalue weighted by Gasteiger charge is 2.50. The van der Waals surface area contributed by atoms with E-state index >= 15 is 0 Å². The topological polar surface area (TPSA) is 20.2 Å². The summed E-state index contributed by atoms with van der Waals surface area (Å²) in [6.07, 6.45) is 7.75. The van der Waals surface area contributed by atoms with Crippen molar-refractivity contribution in [2.75, 3.05) is 0 Å². The zero-order chi connectivity index (χ0) is 8.11. The third-order valence-corrected chi connectivity index (χ3v) is 3.08. The SMILES string of the molecule is CC1(C)C=CC2(CC2)C(O)C1. The van der Waals surface area contributed by atoms with Gasteiger partial charge in [0.15, 0.2) is 0 Å². The first-order valence-corrected chi connectivity index (χ1v) is 4.43. The molecule has 0 radical (unpaired) electrons. The lowest BCUT2D eigenvalue weighted by Crippen LogP contribution is -2.30. The summed E-state index contributed by atoms with van der Waals surface area (Å²) >= 11 is 0. The van der Waals surface area contributed by atoms with Crippen molar-refractivity contribution in [1.29, 1.82) is 0 Å². The monoisotopic (exact) mass is 152 g/mol. The van der Waals surface area contributed by atoms with Crippen molar-refractivity contribution >= 4 is 0 Å².